The Morgan fingerprint density at radius 1 is 1.11 bits per heavy atom. The van der Waals surface area contributed by atoms with Crippen molar-refractivity contribution < 1.29 is 24.2 Å². The monoisotopic (exact) mass is 260 g/mol. The average Bonchev–Trinajstić information content (AvgIpc) is 2.28. The van der Waals surface area contributed by atoms with Crippen molar-refractivity contribution in [2.24, 2.45) is 5.41 Å². The lowest BCUT2D eigenvalue weighted by atomic mass is 9.78. The molecular formula is C13H24O5. The number of hydrogen-bond donors (Lipinski definition) is 1. The van der Waals surface area contributed by atoms with Crippen LogP contribution in [0.15, 0.2) is 0 Å². The second-order valence-electron chi connectivity index (χ2n) is 4.33. The summed E-state index contributed by atoms with van der Waals surface area (Å²) < 4.78 is 9.95. The minimum Gasteiger partial charge on any atom is -0.465 e. The molecule has 1 unspecified atom stereocenters. The Balaban J connectivity index is 5.25. The summed E-state index contributed by atoms with van der Waals surface area (Å²) in [7, 11) is 0. The standard InChI is InChI=1S/C13H24O5/c1-5-8-13(9-10(4)14,11(15)17-6-2)12(16)18-7-3/h10,14H,5-9H2,1-4H3. The number of aliphatic hydroxyl groups excluding tert-OH is 1. The van der Waals surface area contributed by atoms with Crippen molar-refractivity contribution >= 4 is 11.9 Å². The Morgan fingerprint density at radius 3 is 1.83 bits per heavy atom. The number of hydrogen-bond acceptors (Lipinski definition) is 5. The molecule has 0 spiro atoms. The van der Waals surface area contributed by atoms with E-state index in [4.69, 9.17) is 9.47 Å². The van der Waals surface area contributed by atoms with Crippen molar-refractivity contribution in [3.05, 3.63) is 0 Å². The topological polar surface area (TPSA) is 72.8 Å². The number of carbonyl (C=O) groups excluding carboxylic acids is 2. The minimum absolute atomic E-state index is 0.0263. The highest BCUT2D eigenvalue weighted by Gasteiger charge is 2.48. The van der Waals surface area contributed by atoms with E-state index in [9.17, 15) is 14.7 Å². The first-order chi connectivity index (χ1) is 8.44. The quantitative estimate of drug-likeness (QED) is 0.531. The van der Waals surface area contributed by atoms with Gasteiger partial charge in [-0.3, -0.25) is 9.59 Å². The molecule has 0 aromatic carbocycles. The summed E-state index contributed by atoms with van der Waals surface area (Å²) >= 11 is 0. The Labute approximate surface area is 108 Å². The van der Waals surface area contributed by atoms with Gasteiger partial charge in [0.2, 0.25) is 0 Å². The highest BCUT2D eigenvalue weighted by Crippen LogP contribution is 2.33. The van der Waals surface area contributed by atoms with Crippen LogP contribution in [0.1, 0.15) is 47.0 Å². The smallest absolute Gasteiger partial charge is 0.323 e. The zero-order valence-electron chi connectivity index (χ0n) is 11.7. The lowest BCUT2D eigenvalue weighted by Crippen LogP contribution is -2.44. The van der Waals surface area contributed by atoms with E-state index in [-0.39, 0.29) is 19.6 Å². The van der Waals surface area contributed by atoms with Gasteiger partial charge in [-0.1, -0.05) is 13.3 Å². The summed E-state index contributed by atoms with van der Waals surface area (Å²) in [5.41, 5.74) is -1.38. The molecule has 0 aliphatic rings. The Bertz CT molecular complexity index is 255. The van der Waals surface area contributed by atoms with Gasteiger partial charge in [0.05, 0.1) is 19.3 Å². The second-order valence-corrected chi connectivity index (χ2v) is 4.33. The maximum atomic E-state index is 12.1. The molecule has 5 heteroatoms. The van der Waals surface area contributed by atoms with Crippen LogP contribution in [0, 0.1) is 5.41 Å². The van der Waals surface area contributed by atoms with Crippen molar-refractivity contribution in [1.82, 2.24) is 0 Å². The van der Waals surface area contributed by atoms with Crippen molar-refractivity contribution in [1.29, 1.82) is 0 Å². The molecule has 0 saturated carbocycles. The van der Waals surface area contributed by atoms with Crippen LogP contribution in [0.2, 0.25) is 0 Å². The highest BCUT2D eigenvalue weighted by molar-refractivity contribution is 6.00. The molecule has 0 saturated heterocycles. The van der Waals surface area contributed by atoms with Crippen LogP contribution in [0.5, 0.6) is 0 Å². The molecule has 18 heavy (non-hydrogen) atoms. The molecule has 0 fully saturated rings. The lowest BCUT2D eigenvalue weighted by molar-refractivity contribution is -0.175. The molecule has 0 heterocycles. The molecule has 1 N–H and O–H groups in total. The van der Waals surface area contributed by atoms with E-state index in [1.54, 1.807) is 20.8 Å². The first kappa shape index (κ1) is 16.9. The van der Waals surface area contributed by atoms with Gasteiger partial charge in [-0.05, 0) is 33.6 Å². The van der Waals surface area contributed by atoms with E-state index in [2.05, 4.69) is 0 Å². The van der Waals surface area contributed by atoms with E-state index in [1.165, 1.54) is 0 Å². The van der Waals surface area contributed by atoms with Gasteiger partial charge in [0.25, 0.3) is 0 Å². The van der Waals surface area contributed by atoms with Crippen LogP contribution in [0.3, 0.4) is 0 Å². The zero-order valence-corrected chi connectivity index (χ0v) is 11.7. The number of rotatable bonds is 8. The fourth-order valence-corrected chi connectivity index (χ4v) is 2.03. The van der Waals surface area contributed by atoms with Gasteiger partial charge >= 0.3 is 11.9 Å². The van der Waals surface area contributed by atoms with Gasteiger partial charge in [0.1, 0.15) is 0 Å². The first-order valence-corrected chi connectivity index (χ1v) is 6.47. The van der Waals surface area contributed by atoms with Crippen molar-refractivity contribution in [2.75, 3.05) is 13.2 Å². The minimum atomic E-state index is -1.38. The number of ether oxygens (including phenoxy) is 2. The van der Waals surface area contributed by atoms with E-state index in [0.29, 0.717) is 12.8 Å². The molecule has 106 valence electrons. The molecule has 0 aliphatic heterocycles. The SMILES string of the molecule is CCCC(CC(C)O)(C(=O)OCC)C(=O)OCC. The predicted octanol–water partition coefficient (Wildman–Crippen LogP) is 1.67. The number of carbonyl (C=O) groups is 2. The number of aliphatic hydroxyl groups is 1. The number of esters is 2. The molecular weight excluding hydrogens is 236 g/mol. The second kappa shape index (κ2) is 8.08. The maximum absolute atomic E-state index is 12.1. The van der Waals surface area contributed by atoms with Gasteiger partial charge in [-0.15, -0.1) is 0 Å². The van der Waals surface area contributed by atoms with Crippen LogP contribution in [0.4, 0.5) is 0 Å². The average molecular weight is 260 g/mol. The van der Waals surface area contributed by atoms with Crippen LogP contribution < -0.4 is 0 Å². The van der Waals surface area contributed by atoms with Gasteiger partial charge in [-0.25, -0.2) is 0 Å². The van der Waals surface area contributed by atoms with E-state index >= 15 is 0 Å². The largest absolute Gasteiger partial charge is 0.465 e. The summed E-state index contributed by atoms with van der Waals surface area (Å²) in [6, 6.07) is 0. The third-order valence-corrected chi connectivity index (χ3v) is 2.65. The van der Waals surface area contributed by atoms with Crippen LogP contribution in [0.25, 0.3) is 0 Å². The summed E-state index contributed by atoms with van der Waals surface area (Å²) in [6.07, 6.45) is 0.198. The summed E-state index contributed by atoms with van der Waals surface area (Å²) in [5.74, 6) is -1.21. The highest BCUT2D eigenvalue weighted by atomic mass is 16.6. The van der Waals surface area contributed by atoms with Crippen LogP contribution in [-0.4, -0.2) is 36.4 Å². The molecule has 0 rings (SSSR count). The van der Waals surface area contributed by atoms with Crippen LogP contribution in [-0.2, 0) is 19.1 Å². The Kier molecular flexibility index (Phi) is 7.59. The van der Waals surface area contributed by atoms with Gasteiger partial charge < -0.3 is 14.6 Å². The van der Waals surface area contributed by atoms with Gasteiger partial charge in [0.15, 0.2) is 5.41 Å². The molecule has 0 aromatic heterocycles. The van der Waals surface area contributed by atoms with Crippen LogP contribution >= 0.6 is 0 Å². The van der Waals surface area contributed by atoms with Crippen molar-refractivity contribution in [3.63, 3.8) is 0 Å². The predicted molar refractivity (Wildman–Crippen MR) is 66.9 cm³/mol. The van der Waals surface area contributed by atoms with Gasteiger partial charge in [-0.2, -0.15) is 0 Å². The molecule has 0 amide bonds. The molecule has 0 aliphatic carbocycles. The first-order valence-electron chi connectivity index (χ1n) is 6.47. The molecule has 1 atom stereocenters. The molecule has 0 radical (unpaired) electrons. The van der Waals surface area contributed by atoms with E-state index in [1.807, 2.05) is 6.92 Å². The Hall–Kier alpha value is -1.10. The summed E-state index contributed by atoms with van der Waals surface area (Å²) in [4.78, 5) is 24.1. The fourth-order valence-electron chi connectivity index (χ4n) is 2.03. The van der Waals surface area contributed by atoms with Gasteiger partial charge in [0, 0.05) is 0 Å². The fraction of sp³-hybridized carbons (Fsp3) is 0.846. The third-order valence-electron chi connectivity index (χ3n) is 2.65. The zero-order chi connectivity index (χ0) is 14.2. The Morgan fingerprint density at radius 2 is 1.56 bits per heavy atom. The summed E-state index contributed by atoms with van der Waals surface area (Å²) in [5, 5.41) is 9.53. The van der Waals surface area contributed by atoms with Crippen molar-refractivity contribution in [2.45, 2.75) is 53.1 Å². The lowest BCUT2D eigenvalue weighted by Gasteiger charge is -2.29. The maximum Gasteiger partial charge on any atom is 0.323 e. The molecule has 0 bridgehead atoms. The third kappa shape index (κ3) is 4.29. The molecule has 5 nitrogen and oxygen atoms in total. The van der Waals surface area contributed by atoms with E-state index in [0.717, 1.165) is 0 Å². The van der Waals surface area contributed by atoms with E-state index < -0.39 is 23.5 Å². The molecule has 0 aromatic rings. The summed E-state index contributed by atoms with van der Waals surface area (Å²) in [6.45, 7) is 7.18. The van der Waals surface area contributed by atoms with Crippen molar-refractivity contribution in [3.8, 4) is 0 Å². The normalized spacial score (nSPS) is 12.9.